The number of amides is 2. The number of urea groups is 1. The summed E-state index contributed by atoms with van der Waals surface area (Å²) in [4.78, 5) is 26.1. The molecule has 2 atom stereocenters. The Hall–Kier alpha value is -1.56. The zero-order valence-corrected chi connectivity index (χ0v) is 13.1. The van der Waals surface area contributed by atoms with Crippen LogP contribution in [0.15, 0.2) is 17.5 Å². The molecule has 1 aromatic rings. The van der Waals surface area contributed by atoms with Crippen molar-refractivity contribution >= 4 is 23.3 Å². The van der Waals surface area contributed by atoms with Crippen molar-refractivity contribution in [2.24, 2.45) is 5.92 Å². The number of thiophene rings is 1. The first-order chi connectivity index (χ1) is 10.1. The maximum atomic E-state index is 12.1. The standard InChI is InChI=1S/C15H22N2O3S/c1-17(8-7-13-6-3-9-21-13)15(20)16-12-5-2-4-11(10-12)14(18)19/h3,6,9,11-12H,2,4-5,7-8,10H2,1H3,(H,16,20)(H,18,19). The first-order valence-electron chi connectivity index (χ1n) is 7.33. The molecule has 1 aromatic heterocycles. The van der Waals surface area contributed by atoms with Gasteiger partial charge in [-0.15, -0.1) is 11.3 Å². The molecule has 0 bridgehead atoms. The van der Waals surface area contributed by atoms with Gasteiger partial charge in [-0.1, -0.05) is 12.5 Å². The molecule has 2 amide bonds. The zero-order valence-electron chi connectivity index (χ0n) is 12.2. The number of carbonyl (C=O) groups excluding carboxylic acids is 1. The van der Waals surface area contributed by atoms with E-state index in [9.17, 15) is 9.59 Å². The van der Waals surface area contributed by atoms with E-state index < -0.39 is 5.97 Å². The van der Waals surface area contributed by atoms with Crippen molar-refractivity contribution in [3.05, 3.63) is 22.4 Å². The van der Waals surface area contributed by atoms with Crippen molar-refractivity contribution < 1.29 is 14.7 Å². The molecule has 0 spiro atoms. The minimum Gasteiger partial charge on any atom is -0.481 e. The van der Waals surface area contributed by atoms with Gasteiger partial charge < -0.3 is 15.3 Å². The highest BCUT2D eigenvalue weighted by molar-refractivity contribution is 7.09. The number of nitrogens with one attached hydrogen (secondary N) is 1. The van der Waals surface area contributed by atoms with Gasteiger partial charge in [0.15, 0.2) is 0 Å². The van der Waals surface area contributed by atoms with Crippen molar-refractivity contribution in [2.45, 2.75) is 38.1 Å². The van der Waals surface area contributed by atoms with Crippen LogP contribution in [0.5, 0.6) is 0 Å². The molecule has 2 rings (SSSR count). The van der Waals surface area contributed by atoms with Crippen LogP contribution >= 0.6 is 11.3 Å². The zero-order chi connectivity index (χ0) is 15.2. The molecular formula is C15H22N2O3S. The summed E-state index contributed by atoms with van der Waals surface area (Å²) >= 11 is 1.69. The average Bonchev–Trinajstić information content (AvgIpc) is 2.98. The molecule has 0 radical (unpaired) electrons. The monoisotopic (exact) mass is 310 g/mol. The normalized spacial score (nSPS) is 21.8. The Kier molecular flexibility index (Phi) is 5.61. The molecule has 5 nitrogen and oxygen atoms in total. The van der Waals surface area contributed by atoms with E-state index in [4.69, 9.17) is 5.11 Å². The van der Waals surface area contributed by atoms with Gasteiger partial charge in [0.05, 0.1) is 5.92 Å². The Morgan fingerprint density at radius 2 is 2.29 bits per heavy atom. The third-order valence-electron chi connectivity index (χ3n) is 3.97. The van der Waals surface area contributed by atoms with Crippen LogP contribution < -0.4 is 5.32 Å². The van der Waals surface area contributed by atoms with E-state index in [0.29, 0.717) is 13.0 Å². The summed E-state index contributed by atoms with van der Waals surface area (Å²) in [6.45, 7) is 0.668. The molecule has 21 heavy (non-hydrogen) atoms. The first-order valence-corrected chi connectivity index (χ1v) is 8.21. The van der Waals surface area contributed by atoms with Crippen LogP contribution in [0.1, 0.15) is 30.6 Å². The number of carbonyl (C=O) groups is 2. The Balaban J connectivity index is 1.76. The van der Waals surface area contributed by atoms with Gasteiger partial charge in [-0.3, -0.25) is 4.79 Å². The van der Waals surface area contributed by atoms with E-state index in [1.165, 1.54) is 4.88 Å². The van der Waals surface area contributed by atoms with Gasteiger partial charge >= 0.3 is 12.0 Å². The van der Waals surface area contributed by atoms with E-state index in [2.05, 4.69) is 11.4 Å². The first kappa shape index (κ1) is 15.8. The smallest absolute Gasteiger partial charge is 0.317 e. The second-order valence-corrected chi connectivity index (χ2v) is 6.63. The van der Waals surface area contributed by atoms with Crippen LogP contribution in [0.2, 0.25) is 0 Å². The molecule has 1 heterocycles. The molecule has 116 valence electrons. The second kappa shape index (κ2) is 7.45. The van der Waals surface area contributed by atoms with Gasteiger partial charge in [-0.2, -0.15) is 0 Å². The van der Waals surface area contributed by atoms with Gasteiger partial charge in [0.2, 0.25) is 0 Å². The molecule has 0 aliphatic heterocycles. The lowest BCUT2D eigenvalue weighted by Crippen LogP contribution is -2.46. The van der Waals surface area contributed by atoms with Crippen molar-refractivity contribution in [1.29, 1.82) is 0 Å². The number of aliphatic carboxylic acids is 1. The van der Waals surface area contributed by atoms with Crippen LogP contribution in [0.3, 0.4) is 0 Å². The number of rotatable bonds is 5. The van der Waals surface area contributed by atoms with E-state index in [1.807, 2.05) is 11.4 Å². The number of nitrogens with zero attached hydrogens (tertiary/aromatic N) is 1. The van der Waals surface area contributed by atoms with Crippen LogP contribution in [-0.4, -0.2) is 41.6 Å². The minimum atomic E-state index is -0.750. The topological polar surface area (TPSA) is 69.6 Å². The summed E-state index contributed by atoms with van der Waals surface area (Å²) in [5.74, 6) is -1.07. The predicted molar refractivity (Wildman–Crippen MR) is 82.6 cm³/mol. The van der Waals surface area contributed by atoms with Crippen molar-refractivity contribution in [1.82, 2.24) is 10.2 Å². The fourth-order valence-electron chi connectivity index (χ4n) is 2.66. The summed E-state index contributed by atoms with van der Waals surface area (Å²) in [7, 11) is 1.78. The van der Waals surface area contributed by atoms with Crippen LogP contribution in [-0.2, 0) is 11.2 Å². The van der Waals surface area contributed by atoms with Gasteiger partial charge in [-0.05, 0) is 37.1 Å². The Morgan fingerprint density at radius 3 is 2.95 bits per heavy atom. The third kappa shape index (κ3) is 4.74. The molecular weight excluding hydrogens is 288 g/mol. The van der Waals surface area contributed by atoms with Crippen LogP contribution in [0.4, 0.5) is 4.79 Å². The maximum absolute atomic E-state index is 12.1. The van der Waals surface area contributed by atoms with E-state index in [-0.39, 0.29) is 18.0 Å². The quantitative estimate of drug-likeness (QED) is 0.878. The summed E-state index contributed by atoms with van der Waals surface area (Å²) < 4.78 is 0. The third-order valence-corrected chi connectivity index (χ3v) is 4.91. The summed E-state index contributed by atoms with van der Waals surface area (Å²) in [6.07, 6.45) is 3.84. The molecule has 0 aromatic carbocycles. The van der Waals surface area contributed by atoms with E-state index in [0.717, 1.165) is 25.7 Å². The summed E-state index contributed by atoms with van der Waals surface area (Å²) in [5, 5.41) is 14.1. The molecule has 2 unspecified atom stereocenters. The molecule has 1 aliphatic carbocycles. The Labute approximate surface area is 129 Å². The van der Waals surface area contributed by atoms with E-state index in [1.54, 1.807) is 23.3 Å². The minimum absolute atomic E-state index is 0.0171. The van der Waals surface area contributed by atoms with Crippen LogP contribution in [0, 0.1) is 5.92 Å². The SMILES string of the molecule is CN(CCc1cccs1)C(=O)NC1CCCC(C(=O)O)C1. The molecule has 2 N–H and O–H groups in total. The molecule has 6 heteroatoms. The largest absolute Gasteiger partial charge is 0.481 e. The maximum Gasteiger partial charge on any atom is 0.317 e. The molecule has 1 aliphatic rings. The van der Waals surface area contributed by atoms with Gasteiger partial charge in [0.25, 0.3) is 0 Å². The summed E-state index contributed by atoms with van der Waals surface area (Å²) in [6, 6.07) is 3.95. The van der Waals surface area contributed by atoms with Crippen LogP contribution in [0.25, 0.3) is 0 Å². The number of carboxylic acids is 1. The van der Waals surface area contributed by atoms with Gasteiger partial charge in [-0.25, -0.2) is 4.79 Å². The highest BCUT2D eigenvalue weighted by Gasteiger charge is 2.28. The molecule has 1 fully saturated rings. The number of carboxylic acid groups (broad SMARTS) is 1. The molecule has 0 saturated heterocycles. The summed E-state index contributed by atoms with van der Waals surface area (Å²) in [5.41, 5.74) is 0. The highest BCUT2D eigenvalue weighted by atomic mass is 32.1. The fraction of sp³-hybridized carbons (Fsp3) is 0.600. The van der Waals surface area contributed by atoms with Gasteiger partial charge in [0.1, 0.15) is 0 Å². The van der Waals surface area contributed by atoms with Crippen molar-refractivity contribution in [2.75, 3.05) is 13.6 Å². The van der Waals surface area contributed by atoms with Gasteiger partial charge in [0, 0.05) is 24.5 Å². The highest BCUT2D eigenvalue weighted by Crippen LogP contribution is 2.24. The lowest BCUT2D eigenvalue weighted by molar-refractivity contribution is -0.143. The predicted octanol–water partition coefficient (Wildman–Crippen LogP) is 2.58. The van der Waals surface area contributed by atoms with E-state index >= 15 is 0 Å². The van der Waals surface area contributed by atoms with Crippen molar-refractivity contribution in [3.8, 4) is 0 Å². The number of hydrogen-bond acceptors (Lipinski definition) is 3. The average molecular weight is 310 g/mol. The second-order valence-electron chi connectivity index (χ2n) is 5.60. The fourth-order valence-corrected chi connectivity index (χ4v) is 3.36. The Bertz CT molecular complexity index is 475. The lowest BCUT2D eigenvalue weighted by Gasteiger charge is -2.29. The molecule has 1 saturated carbocycles. The number of likely N-dealkylation sites (N-methyl/N-ethyl adjacent to an activating group) is 1. The Morgan fingerprint density at radius 1 is 1.48 bits per heavy atom. The van der Waals surface area contributed by atoms with Crippen molar-refractivity contribution in [3.63, 3.8) is 0 Å². The number of hydrogen-bond donors (Lipinski definition) is 2. The lowest BCUT2D eigenvalue weighted by atomic mass is 9.86.